The summed E-state index contributed by atoms with van der Waals surface area (Å²) in [7, 11) is 3.26. The maximum absolute atomic E-state index is 5.75. The van der Waals surface area contributed by atoms with Crippen molar-refractivity contribution >= 4 is 17.3 Å². The van der Waals surface area contributed by atoms with Gasteiger partial charge in [0.25, 0.3) is 0 Å². The lowest BCUT2D eigenvalue weighted by Crippen LogP contribution is -2.04. The number of anilines is 3. The number of hydrogen-bond acceptors (Lipinski definition) is 6. The fraction of sp³-hybridized carbons (Fsp3) is 0.286. The first-order valence-corrected chi connectivity index (χ1v) is 6.18. The van der Waals surface area contributed by atoms with Crippen LogP contribution in [0.25, 0.3) is 0 Å². The molecule has 20 heavy (non-hydrogen) atoms. The van der Waals surface area contributed by atoms with Gasteiger partial charge in [0.1, 0.15) is 18.2 Å². The highest BCUT2D eigenvalue weighted by Crippen LogP contribution is 2.18. The second-order valence-corrected chi connectivity index (χ2v) is 4.29. The Balaban J connectivity index is 2.18. The van der Waals surface area contributed by atoms with Gasteiger partial charge in [-0.2, -0.15) is 0 Å². The van der Waals surface area contributed by atoms with Crippen LogP contribution in [0.3, 0.4) is 0 Å². The van der Waals surface area contributed by atoms with E-state index < -0.39 is 0 Å². The topological polar surface area (TPSA) is 82.3 Å². The first kappa shape index (κ1) is 14.2. The smallest absolute Gasteiger partial charge is 0.158 e. The summed E-state index contributed by atoms with van der Waals surface area (Å²) < 4.78 is 10.1. The Labute approximate surface area is 118 Å². The van der Waals surface area contributed by atoms with Gasteiger partial charge in [0.2, 0.25) is 0 Å². The second-order valence-electron chi connectivity index (χ2n) is 4.29. The average molecular weight is 274 g/mol. The molecule has 0 aliphatic carbocycles. The predicted octanol–water partition coefficient (Wildman–Crippen LogP) is 2.10. The van der Waals surface area contributed by atoms with Gasteiger partial charge in [-0.1, -0.05) is 12.1 Å². The number of nitrogens with two attached hydrogens (primary N) is 1. The zero-order valence-electron chi connectivity index (χ0n) is 11.6. The van der Waals surface area contributed by atoms with Crippen LogP contribution in [0.4, 0.5) is 17.3 Å². The van der Waals surface area contributed by atoms with Crippen LogP contribution in [0.15, 0.2) is 30.3 Å². The summed E-state index contributed by atoms with van der Waals surface area (Å²) in [5.74, 6) is 1.59. The van der Waals surface area contributed by atoms with Crippen LogP contribution in [0.5, 0.6) is 0 Å². The maximum Gasteiger partial charge on any atom is 0.158 e. The van der Waals surface area contributed by atoms with E-state index in [-0.39, 0.29) is 0 Å². The molecule has 1 aromatic carbocycles. The molecule has 106 valence electrons. The standard InChI is InChI=1S/C14H18N4O2/c1-19-8-10-4-3-5-11(6-10)16-13-7-12(15)17-14(18-13)9-20-2/h3-7H,8-9H2,1-2H3,(H3,15,16,17,18). The first-order valence-electron chi connectivity index (χ1n) is 6.18. The molecule has 0 radical (unpaired) electrons. The Morgan fingerprint density at radius 1 is 1.10 bits per heavy atom. The molecule has 0 bridgehead atoms. The lowest BCUT2D eigenvalue weighted by atomic mass is 10.2. The van der Waals surface area contributed by atoms with Gasteiger partial charge in [-0.25, -0.2) is 9.97 Å². The number of ether oxygens (including phenoxy) is 2. The van der Waals surface area contributed by atoms with Crippen molar-refractivity contribution < 1.29 is 9.47 Å². The monoisotopic (exact) mass is 274 g/mol. The maximum atomic E-state index is 5.75. The Kier molecular flexibility index (Phi) is 4.86. The highest BCUT2D eigenvalue weighted by molar-refractivity contribution is 5.59. The molecule has 6 nitrogen and oxygen atoms in total. The van der Waals surface area contributed by atoms with Crippen molar-refractivity contribution in [3.8, 4) is 0 Å². The lowest BCUT2D eigenvalue weighted by molar-refractivity contribution is 0.178. The molecule has 0 saturated heterocycles. The van der Waals surface area contributed by atoms with Gasteiger partial charge in [0, 0.05) is 26.0 Å². The number of benzene rings is 1. The minimum absolute atomic E-state index is 0.323. The Bertz CT molecular complexity index is 575. The van der Waals surface area contributed by atoms with Crippen LogP contribution in [-0.4, -0.2) is 24.2 Å². The van der Waals surface area contributed by atoms with Crippen LogP contribution in [0.2, 0.25) is 0 Å². The molecule has 0 fully saturated rings. The van der Waals surface area contributed by atoms with Crippen LogP contribution in [0.1, 0.15) is 11.4 Å². The van der Waals surface area contributed by atoms with E-state index in [0.29, 0.717) is 30.7 Å². The number of nitrogens with zero attached hydrogens (tertiary/aromatic N) is 2. The van der Waals surface area contributed by atoms with E-state index in [9.17, 15) is 0 Å². The molecular formula is C14H18N4O2. The first-order chi connectivity index (χ1) is 9.71. The molecule has 0 unspecified atom stereocenters. The molecule has 0 spiro atoms. The molecule has 1 aromatic heterocycles. The molecule has 0 aliphatic rings. The van der Waals surface area contributed by atoms with E-state index in [4.69, 9.17) is 15.2 Å². The number of nitrogen functional groups attached to an aromatic ring is 1. The molecule has 3 N–H and O–H groups in total. The van der Waals surface area contributed by atoms with Crippen molar-refractivity contribution in [2.75, 3.05) is 25.3 Å². The number of nitrogens with one attached hydrogen (secondary N) is 1. The average Bonchev–Trinajstić information content (AvgIpc) is 2.39. The summed E-state index contributed by atoms with van der Waals surface area (Å²) in [4.78, 5) is 8.43. The van der Waals surface area contributed by atoms with E-state index >= 15 is 0 Å². The van der Waals surface area contributed by atoms with E-state index in [1.807, 2.05) is 24.3 Å². The zero-order valence-corrected chi connectivity index (χ0v) is 11.6. The van der Waals surface area contributed by atoms with Crippen molar-refractivity contribution in [1.82, 2.24) is 9.97 Å². The van der Waals surface area contributed by atoms with Crippen molar-refractivity contribution in [2.45, 2.75) is 13.2 Å². The minimum Gasteiger partial charge on any atom is -0.384 e. The minimum atomic E-state index is 0.323. The molecule has 2 rings (SSSR count). The summed E-state index contributed by atoms with van der Waals surface area (Å²) in [5, 5.41) is 3.20. The van der Waals surface area contributed by atoms with Gasteiger partial charge in [-0.15, -0.1) is 0 Å². The van der Waals surface area contributed by atoms with Crippen LogP contribution < -0.4 is 11.1 Å². The SMILES string of the molecule is COCc1cccc(Nc2cc(N)nc(COC)n2)c1. The number of aromatic nitrogens is 2. The van der Waals surface area contributed by atoms with Crippen molar-refractivity contribution in [2.24, 2.45) is 0 Å². The normalized spacial score (nSPS) is 10.5. The quantitative estimate of drug-likeness (QED) is 0.839. The number of hydrogen-bond donors (Lipinski definition) is 2. The molecule has 0 amide bonds. The third-order valence-corrected chi connectivity index (χ3v) is 2.58. The fourth-order valence-electron chi connectivity index (χ4n) is 1.83. The van der Waals surface area contributed by atoms with E-state index in [0.717, 1.165) is 11.3 Å². The van der Waals surface area contributed by atoms with Gasteiger partial charge >= 0.3 is 0 Å². The lowest BCUT2D eigenvalue weighted by Gasteiger charge is -2.09. The molecule has 0 atom stereocenters. The number of methoxy groups -OCH3 is 2. The molecule has 6 heteroatoms. The molecule has 0 saturated carbocycles. The van der Waals surface area contributed by atoms with E-state index in [1.54, 1.807) is 20.3 Å². The largest absolute Gasteiger partial charge is 0.384 e. The van der Waals surface area contributed by atoms with E-state index in [1.165, 1.54) is 0 Å². The Morgan fingerprint density at radius 3 is 2.65 bits per heavy atom. The van der Waals surface area contributed by atoms with Gasteiger partial charge in [0.15, 0.2) is 5.82 Å². The van der Waals surface area contributed by atoms with Crippen LogP contribution >= 0.6 is 0 Å². The molecule has 1 heterocycles. The molecule has 0 aliphatic heterocycles. The van der Waals surface area contributed by atoms with Gasteiger partial charge in [-0.3, -0.25) is 0 Å². The highest BCUT2D eigenvalue weighted by Gasteiger charge is 2.03. The van der Waals surface area contributed by atoms with Crippen molar-refractivity contribution in [1.29, 1.82) is 0 Å². The van der Waals surface area contributed by atoms with Gasteiger partial charge in [-0.05, 0) is 17.7 Å². The predicted molar refractivity (Wildman–Crippen MR) is 77.6 cm³/mol. The Morgan fingerprint density at radius 2 is 1.90 bits per heavy atom. The highest BCUT2D eigenvalue weighted by atomic mass is 16.5. The number of rotatable bonds is 6. The van der Waals surface area contributed by atoms with Gasteiger partial charge < -0.3 is 20.5 Å². The summed E-state index contributed by atoms with van der Waals surface area (Å²) >= 11 is 0. The summed E-state index contributed by atoms with van der Waals surface area (Å²) in [6.07, 6.45) is 0. The summed E-state index contributed by atoms with van der Waals surface area (Å²) in [6.45, 7) is 0.889. The third-order valence-electron chi connectivity index (χ3n) is 2.58. The third kappa shape index (κ3) is 3.91. The molecular weight excluding hydrogens is 256 g/mol. The van der Waals surface area contributed by atoms with Crippen molar-refractivity contribution in [3.05, 3.63) is 41.7 Å². The van der Waals surface area contributed by atoms with Crippen molar-refractivity contribution in [3.63, 3.8) is 0 Å². The second kappa shape index (κ2) is 6.83. The Hall–Kier alpha value is -2.18. The van der Waals surface area contributed by atoms with E-state index in [2.05, 4.69) is 15.3 Å². The van der Waals surface area contributed by atoms with Gasteiger partial charge in [0.05, 0.1) is 6.61 Å². The summed E-state index contributed by atoms with van der Waals surface area (Å²) in [6, 6.07) is 9.59. The zero-order chi connectivity index (χ0) is 14.4. The fourth-order valence-corrected chi connectivity index (χ4v) is 1.83. The molecule has 2 aromatic rings. The summed E-state index contributed by atoms with van der Waals surface area (Å²) in [5.41, 5.74) is 7.75. The van der Waals surface area contributed by atoms with Crippen LogP contribution in [0, 0.1) is 0 Å². The van der Waals surface area contributed by atoms with Crippen LogP contribution in [-0.2, 0) is 22.7 Å².